The second kappa shape index (κ2) is 6.20. The molecule has 5 nitrogen and oxygen atoms in total. The number of carbonyl (C=O) groups is 1. The van der Waals surface area contributed by atoms with E-state index in [9.17, 15) is 13.6 Å². The number of halogens is 3. The fourth-order valence-corrected chi connectivity index (χ4v) is 4.42. The standard InChI is InChI=1S/C20H15BrF2N4O/c1-9-4-11(21)8-24-19(9)25-20(28)17-14-6-10-5-13(10)18(14)27(26-17)16-3-2-12(22)7-15(16)23/h2-4,7-8,10,13H,5-6H2,1H3,(H,24,25,28)/t10-,13-/m0/s1. The van der Waals surface area contributed by atoms with Crippen molar-refractivity contribution in [3.63, 3.8) is 0 Å². The van der Waals surface area contributed by atoms with Crippen LogP contribution in [-0.4, -0.2) is 20.7 Å². The Morgan fingerprint density at radius 3 is 2.89 bits per heavy atom. The molecule has 0 unspecified atom stereocenters. The van der Waals surface area contributed by atoms with E-state index in [0.717, 1.165) is 40.2 Å². The number of fused-ring (bicyclic) bond motifs is 3. The zero-order valence-corrected chi connectivity index (χ0v) is 16.4. The zero-order chi connectivity index (χ0) is 19.6. The zero-order valence-electron chi connectivity index (χ0n) is 14.8. The number of aryl methyl sites for hydroxylation is 1. The van der Waals surface area contributed by atoms with Crippen LogP contribution in [0.2, 0.25) is 0 Å². The number of benzene rings is 1. The average Bonchev–Trinajstić information content (AvgIpc) is 3.14. The van der Waals surface area contributed by atoms with Crippen molar-refractivity contribution in [2.45, 2.75) is 25.7 Å². The van der Waals surface area contributed by atoms with Gasteiger partial charge in [0.25, 0.3) is 5.91 Å². The van der Waals surface area contributed by atoms with Gasteiger partial charge in [-0.1, -0.05) is 0 Å². The number of hydrogen-bond donors (Lipinski definition) is 1. The highest BCUT2D eigenvalue weighted by Crippen LogP contribution is 2.57. The molecule has 2 aliphatic carbocycles. The molecular weight excluding hydrogens is 430 g/mol. The van der Waals surface area contributed by atoms with Crippen LogP contribution in [-0.2, 0) is 6.42 Å². The van der Waals surface area contributed by atoms with Gasteiger partial charge in [0.05, 0.1) is 5.69 Å². The van der Waals surface area contributed by atoms with Gasteiger partial charge in [-0.05, 0) is 65.4 Å². The lowest BCUT2D eigenvalue weighted by Crippen LogP contribution is -2.16. The monoisotopic (exact) mass is 444 g/mol. The van der Waals surface area contributed by atoms with Crippen LogP contribution in [0.4, 0.5) is 14.6 Å². The first-order chi connectivity index (χ1) is 13.4. The molecular formula is C20H15BrF2N4O. The van der Waals surface area contributed by atoms with Gasteiger partial charge >= 0.3 is 0 Å². The topological polar surface area (TPSA) is 59.8 Å². The molecule has 2 aromatic heterocycles. The summed E-state index contributed by atoms with van der Waals surface area (Å²) in [7, 11) is 0. The molecule has 0 aliphatic heterocycles. The Bertz CT molecular complexity index is 1140. The Balaban J connectivity index is 1.56. The number of pyridine rings is 1. The van der Waals surface area contributed by atoms with Crippen molar-refractivity contribution in [3.8, 4) is 5.69 Å². The first kappa shape index (κ1) is 17.5. The number of carbonyl (C=O) groups excluding carboxylic acids is 1. The minimum atomic E-state index is -0.702. The molecule has 0 saturated heterocycles. The van der Waals surface area contributed by atoms with Crippen LogP contribution in [0.5, 0.6) is 0 Å². The van der Waals surface area contributed by atoms with Crippen molar-refractivity contribution in [2.75, 3.05) is 5.32 Å². The van der Waals surface area contributed by atoms with E-state index in [1.165, 1.54) is 16.8 Å². The molecule has 2 heterocycles. The summed E-state index contributed by atoms with van der Waals surface area (Å²) in [4.78, 5) is 17.2. The Labute approximate surface area is 167 Å². The minimum absolute atomic E-state index is 0.155. The van der Waals surface area contributed by atoms with E-state index in [1.807, 2.05) is 13.0 Å². The first-order valence-corrected chi connectivity index (χ1v) is 9.72. The molecule has 3 aromatic rings. The normalized spacial score (nSPS) is 19.3. The van der Waals surface area contributed by atoms with Crippen molar-refractivity contribution in [1.82, 2.24) is 14.8 Å². The van der Waals surface area contributed by atoms with E-state index >= 15 is 0 Å². The van der Waals surface area contributed by atoms with Crippen molar-refractivity contribution < 1.29 is 13.6 Å². The maximum absolute atomic E-state index is 14.4. The second-order valence-electron chi connectivity index (χ2n) is 7.30. The van der Waals surface area contributed by atoms with E-state index in [2.05, 4.69) is 31.3 Å². The Kier molecular flexibility index (Phi) is 3.87. The van der Waals surface area contributed by atoms with Gasteiger partial charge in [0.1, 0.15) is 17.3 Å². The number of amides is 1. The van der Waals surface area contributed by atoms with Gasteiger partial charge in [0.15, 0.2) is 11.5 Å². The molecule has 0 bridgehead atoms. The van der Waals surface area contributed by atoms with Crippen molar-refractivity contribution >= 4 is 27.7 Å². The van der Waals surface area contributed by atoms with Crippen LogP contribution < -0.4 is 5.32 Å². The molecule has 2 atom stereocenters. The lowest BCUT2D eigenvalue weighted by atomic mass is 10.1. The van der Waals surface area contributed by atoms with E-state index in [4.69, 9.17) is 0 Å². The molecule has 28 heavy (non-hydrogen) atoms. The molecule has 1 N–H and O–H groups in total. The molecule has 5 rings (SSSR count). The van der Waals surface area contributed by atoms with Crippen molar-refractivity contribution in [3.05, 3.63) is 69.1 Å². The third-order valence-corrected chi connectivity index (χ3v) is 5.83. The van der Waals surface area contributed by atoms with Gasteiger partial charge in [0.2, 0.25) is 0 Å². The van der Waals surface area contributed by atoms with E-state index in [1.54, 1.807) is 6.20 Å². The molecule has 0 spiro atoms. The number of anilines is 1. The molecule has 2 aliphatic rings. The summed E-state index contributed by atoms with van der Waals surface area (Å²) >= 11 is 3.35. The first-order valence-electron chi connectivity index (χ1n) is 8.93. The number of nitrogens with one attached hydrogen (secondary N) is 1. The maximum Gasteiger partial charge on any atom is 0.277 e. The largest absolute Gasteiger partial charge is 0.305 e. The molecule has 8 heteroatoms. The highest BCUT2D eigenvalue weighted by atomic mass is 79.9. The van der Waals surface area contributed by atoms with Gasteiger partial charge in [0, 0.05) is 28.2 Å². The molecule has 1 fully saturated rings. The second-order valence-corrected chi connectivity index (χ2v) is 8.22. The summed E-state index contributed by atoms with van der Waals surface area (Å²) in [5.41, 5.74) is 2.95. The van der Waals surface area contributed by atoms with Crippen molar-refractivity contribution in [2.24, 2.45) is 5.92 Å². The number of nitrogens with zero attached hydrogens (tertiary/aromatic N) is 3. The quantitative estimate of drug-likeness (QED) is 0.645. The summed E-state index contributed by atoms with van der Waals surface area (Å²) in [6, 6.07) is 5.24. The molecule has 1 amide bonds. The third kappa shape index (κ3) is 2.74. The van der Waals surface area contributed by atoms with Crippen LogP contribution >= 0.6 is 15.9 Å². The third-order valence-electron chi connectivity index (χ3n) is 5.39. The molecule has 0 radical (unpaired) electrons. The lowest BCUT2D eigenvalue weighted by Gasteiger charge is -2.08. The van der Waals surface area contributed by atoms with Crippen molar-refractivity contribution in [1.29, 1.82) is 0 Å². The van der Waals surface area contributed by atoms with Crippen LogP contribution in [0.1, 0.15) is 39.6 Å². The highest BCUT2D eigenvalue weighted by molar-refractivity contribution is 9.10. The van der Waals surface area contributed by atoms with Gasteiger partial charge in [-0.15, -0.1) is 0 Å². The summed E-state index contributed by atoms with van der Waals surface area (Å²) in [6.45, 7) is 1.85. The minimum Gasteiger partial charge on any atom is -0.305 e. The highest BCUT2D eigenvalue weighted by Gasteiger charge is 2.50. The van der Waals surface area contributed by atoms with Gasteiger partial charge in [-0.2, -0.15) is 5.10 Å². The summed E-state index contributed by atoms with van der Waals surface area (Å²) in [6.07, 6.45) is 3.36. The van der Waals surface area contributed by atoms with Gasteiger partial charge in [-0.25, -0.2) is 18.4 Å². The van der Waals surface area contributed by atoms with E-state index in [-0.39, 0.29) is 23.2 Å². The number of hydrogen-bond acceptors (Lipinski definition) is 3. The smallest absolute Gasteiger partial charge is 0.277 e. The predicted octanol–water partition coefficient (Wildman–Crippen LogP) is 4.53. The number of aromatic nitrogens is 3. The molecule has 1 saturated carbocycles. The lowest BCUT2D eigenvalue weighted by molar-refractivity contribution is 0.102. The van der Waals surface area contributed by atoms with Crippen LogP contribution in [0.25, 0.3) is 5.69 Å². The van der Waals surface area contributed by atoms with E-state index < -0.39 is 11.6 Å². The predicted molar refractivity (Wildman–Crippen MR) is 103 cm³/mol. The van der Waals surface area contributed by atoms with Crippen LogP contribution in [0.3, 0.4) is 0 Å². The van der Waals surface area contributed by atoms with Gasteiger partial charge < -0.3 is 5.32 Å². The average molecular weight is 445 g/mol. The van der Waals surface area contributed by atoms with E-state index in [0.29, 0.717) is 11.7 Å². The SMILES string of the molecule is Cc1cc(Br)cnc1NC(=O)c1nn(-c2ccc(F)cc2F)c2c1C[C@@H]1C[C@H]21. The number of rotatable bonds is 3. The van der Waals surface area contributed by atoms with Gasteiger partial charge in [-0.3, -0.25) is 4.79 Å². The maximum atomic E-state index is 14.4. The summed E-state index contributed by atoms with van der Waals surface area (Å²) < 4.78 is 30.0. The Morgan fingerprint density at radius 1 is 1.32 bits per heavy atom. The Morgan fingerprint density at radius 2 is 2.14 bits per heavy atom. The molecule has 1 aromatic carbocycles. The van der Waals surface area contributed by atoms with Crippen LogP contribution in [0, 0.1) is 24.5 Å². The summed E-state index contributed by atoms with van der Waals surface area (Å²) in [5.74, 6) is -0.525. The summed E-state index contributed by atoms with van der Waals surface area (Å²) in [5, 5.41) is 7.22. The fraction of sp³-hybridized carbons (Fsp3) is 0.250. The Hall–Kier alpha value is -2.61. The molecule has 142 valence electrons. The van der Waals surface area contributed by atoms with Crippen LogP contribution in [0.15, 0.2) is 34.9 Å². The fourth-order valence-electron chi connectivity index (χ4n) is 3.97.